The lowest BCUT2D eigenvalue weighted by atomic mass is 10.3. The second-order valence-corrected chi connectivity index (χ2v) is 8.05. The molecule has 0 saturated heterocycles. The van der Waals surface area contributed by atoms with Crippen molar-refractivity contribution in [3.05, 3.63) is 24.3 Å². The summed E-state index contributed by atoms with van der Waals surface area (Å²) in [6, 6.07) is 7.51. The number of nitrogens with one attached hydrogen (secondary N) is 2. The van der Waals surface area contributed by atoms with Crippen molar-refractivity contribution >= 4 is 40.0 Å². The Morgan fingerprint density at radius 2 is 1.89 bits per heavy atom. The molecule has 0 fully saturated rings. The molecule has 1 aromatic rings. The average molecular weight is 528 g/mol. The molecule has 0 aliphatic rings. The van der Waals surface area contributed by atoms with Crippen molar-refractivity contribution in [2.75, 3.05) is 46.6 Å². The van der Waals surface area contributed by atoms with Crippen molar-refractivity contribution in [3.63, 3.8) is 0 Å². The molecular weight excluding hydrogens is 495 g/mol. The zero-order valence-corrected chi connectivity index (χ0v) is 20.4. The van der Waals surface area contributed by atoms with Gasteiger partial charge in [0.15, 0.2) is 17.5 Å². The van der Waals surface area contributed by atoms with Crippen molar-refractivity contribution in [1.82, 2.24) is 14.9 Å². The second-order valence-electron chi connectivity index (χ2n) is 6.07. The number of ether oxygens (including phenoxy) is 2. The van der Waals surface area contributed by atoms with Crippen LogP contribution in [0.2, 0.25) is 0 Å². The predicted octanol–water partition coefficient (Wildman–Crippen LogP) is 1.92. The third-order valence-electron chi connectivity index (χ3n) is 3.88. The molecule has 0 bridgehead atoms. The van der Waals surface area contributed by atoms with E-state index < -0.39 is 10.0 Å². The molecule has 0 saturated carbocycles. The number of hydrogen-bond donors (Lipinski definition) is 2. The van der Waals surface area contributed by atoms with Crippen molar-refractivity contribution in [3.8, 4) is 11.5 Å². The number of hydrogen-bond acceptors (Lipinski definition) is 5. The summed E-state index contributed by atoms with van der Waals surface area (Å²) >= 11 is 0. The minimum atomic E-state index is -3.15. The summed E-state index contributed by atoms with van der Waals surface area (Å²) in [6.45, 7) is 5.92. The fraction of sp³-hybridized carbons (Fsp3) is 0.611. The van der Waals surface area contributed by atoms with Gasteiger partial charge in [-0.05, 0) is 25.5 Å². The van der Waals surface area contributed by atoms with Gasteiger partial charge in [-0.15, -0.1) is 24.0 Å². The van der Waals surface area contributed by atoms with Crippen LogP contribution in [0, 0.1) is 0 Å². The molecule has 1 aromatic carbocycles. The summed E-state index contributed by atoms with van der Waals surface area (Å²) < 4.78 is 35.8. The number of methoxy groups -OCH3 is 1. The SMILES string of the molecule is CCN(CCCNC(=NC)NCC(C)Oc1ccccc1OC)S(C)(=O)=O.I. The normalized spacial score (nSPS) is 12.9. The van der Waals surface area contributed by atoms with Gasteiger partial charge in [0, 0.05) is 26.7 Å². The van der Waals surface area contributed by atoms with Gasteiger partial charge < -0.3 is 20.1 Å². The highest BCUT2D eigenvalue weighted by Gasteiger charge is 2.13. The Morgan fingerprint density at radius 3 is 2.43 bits per heavy atom. The average Bonchev–Trinajstić information content (AvgIpc) is 2.63. The van der Waals surface area contributed by atoms with E-state index in [-0.39, 0.29) is 30.1 Å². The Balaban J connectivity index is 0.00000729. The van der Waals surface area contributed by atoms with Gasteiger partial charge in [-0.25, -0.2) is 12.7 Å². The first-order chi connectivity index (χ1) is 12.8. The summed E-state index contributed by atoms with van der Waals surface area (Å²) in [5, 5.41) is 6.38. The summed E-state index contributed by atoms with van der Waals surface area (Å²) in [5.41, 5.74) is 0. The molecule has 2 N–H and O–H groups in total. The lowest BCUT2D eigenvalue weighted by Crippen LogP contribution is -2.42. The number of halogens is 1. The molecule has 162 valence electrons. The Kier molecular flexibility index (Phi) is 13.2. The van der Waals surface area contributed by atoms with Crippen LogP contribution in [0.15, 0.2) is 29.3 Å². The molecular formula is C18H33IN4O4S. The van der Waals surface area contributed by atoms with Gasteiger partial charge in [0.25, 0.3) is 0 Å². The summed E-state index contributed by atoms with van der Waals surface area (Å²) in [7, 11) is 0.156. The fourth-order valence-electron chi connectivity index (χ4n) is 2.46. The molecule has 0 aliphatic heterocycles. The van der Waals surface area contributed by atoms with E-state index in [1.54, 1.807) is 14.2 Å². The van der Waals surface area contributed by atoms with Crippen LogP contribution in [-0.2, 0) is 10.0 Å². The summed E-state index contributed by atoms with van der Waals surface area (Å²) in [4.78, 5) is 4.17. The zero-order chi connectivity index (χ0) is 20.3. The molecule has 0 aromatic heterocycles. The first-order valence-corrected chi connectivity index (χ1v) is 10.9. The van der Waals surface area contributed by atoms with Gasteiger partial charge in [0.05, 0.1) is 19.9 Å². The van der Waals surface area contributed by atoms with Gasteiger partial charge in [0.2, 0.25) is 10.0 Å². The predicted molar refractivity (Wildman–Crippen MR) is 125 cm³/mol. The third kappa shape index (κ3) is 9.78. The number of aliphatic imine (C=N–C) groups is 1. The summed E-state index contributed by atoms with van der Waals surface area (Å²) in [6.07, 6.45) is 1.82. The molecule has 0 heterocycles. The maximum absolute atomic E-state index is 11.6. The third-order valence-corrected chi connectivity index (χ3v) is 5.26. The number of benzene rings is 1. The monoisotopic (exact) mass is 528 g/mol. The maximum Gasteiger partial charge on any atom is 0.211 e. The molecule has 0 amide bonds. The van der Waals surface area contributed by atoms with E-state index in [0.29, 0.717) is 50.1 Å². The van der Waals surface area contributed by atoms with Crippen LogP contribution in [0.1, 0.15) is 20.3 Å². The van der Waals surface area contributed by atoms with E-state index in [2.05, 4.69) is 15.6 Å². The zero-order valence-electron chi connectivity index (χ0n) is 17.3. The quantitative estimate of drug-likeness (QED) is 0.197. The van der Waals surface area contributed by atoms with Gasteiger partial charge in [0.1, 0.15) is 6.10 Å². The van der Waals surface area contributed by atoms with Crippen LogP contribution in [0.3, 0.4) is 0 Å². The molecule has 10 heteroatoms. The van der Waals surface area contributed by atoms with Gasteiger partial charge in [-0.2, -0.15) is 0 Å². The van der Waals surface area contributed by atoms with E-state index in [1.165, 1.54) is 10.6 Å². The minimum Gasteiger partial charge on any atom is -0.493 e. The number of guanidine groups is 1. The van der Waals surface area contributed by atoms with Crippen molar-refractivity contribution < 1.29 is 17.9 Å². The Labute approximate surface area is 186 Å². The van der Waals surface area contributed by atoms with Crippen LogP contribution in [-0.4, -0.2) is 71.4 Å². The number of sulfonamides is 1. The van der Waals surface area contributed by atoms with Crippen LogP contribution in [0.25, 0.3) is 0 Å². The first-order valence-electron chi connectivity index (χ1n) is 9.01. The van der Waals surface area contributed by atoms with Gasteiger partial charge in [-0.1, -0.05) is 19.1 Å². The summed E-state index contributed by atoms with van der Waals surface area (Å²) in [5.74, 6) is 2.03. The van der Waals surface area contributed by atoms with Gasteiger partial charge in [-0.3, -0.25) is 4.99 Å². The van der Waals surface area contributed by atoms with Crippen LogP contribution >= 0.6 is 24.0 Å². The molecule has 8 nitrogen and oxygen atoms in total. The Hall–Kier alpha value is -1.27. The highest BCUT2D eigenvalue weighted by molar-refractivity contribution is 14.0. The molecule has 0 spiro atoms. The number of para-hydroxylation sites is 2. The largest absolute Gasteiger partial charge is 0.493 e. The molecule has 1 rings (SSSR count). The molecule has 1 atom stereocenters. The first kappa shape index (κ1) is 26.7. The number of nitrogens with zero attached hydrogens (tertiary/aromatic N) is 2. The van der Waals surface area contributed by atoms with E-state index in [9.17, 15) is 8.42 Å². The lowest BCUT2D eigenvalue weighted by Gasteiger charge is -2.20. The van der Waals surface area contributed by atoms with Crippen LogP contribution in [0.4, 0.5) is 0 Å². The minimum absolute atomic E-state index is 0. The van der Waals surface area contributed by atoms with Crippen LogP contribution < -0.4 is 20.1 Å². The second kappa shape index (κ2) is 13.8. The topological polar surface area (TPSA) is 92.3 Å². The van der Waals surface area contributed by atoms with Gasteiger partial charge >= 0.3 is 0 Å². The maximum atomic E-state index is 11.6. The standard InChI is InChI=1S/C18H32N4O4S.HI/c1-6-22(27(5,23)24)13-9-12-20-18(19-3)21-14-15(2)26-17-11-8-7-10-16(17)25-4;/h7-8,10-11,15H,6,9,12-14H2,1-5H3,(H2,19,20,21);1H. The van der Waals surface area contributed by atoms with E-state index >= 15 is 0 Å². The Morgan fingerprint density at radius 1 is 1.25 bits per heavy atom. The highest BCUT2D eigenvalue weighted by Crippen LogP contribution is 2.26. The smallest absolute Gasteiger partial charge is 0.211 e. The Bertz CT molecular complexity index is 701. The molecule has 1 unspecified atom stereocenters. The molecule has 0 radical (unpaired) electrons. The van der Waals surface area contributed by atoms with Crippen molar-refractivity contribution in [1.29, 1.82) is 0 Å². The van der Waals surface area contributed by atoms with Crippen molar-refractivity contribution in [2.45, 2.75) is 26.4 Å². The van der Waals surface area contributed by atoms with E-state index in [0.717, 1.165) is 0 Å². The molecule has 0 aliphatic carbocycles. The highest BCUT2D eigenvalue weighted by atomic mass is 127. The number of rotatable bonds is 11. The van der Waals surface area contributed by atoms with E-state index in [4.69, 9.17) is 9.47 Å². The molecule has 28 heavy (non-hydrogen) atoms. The van der Waals surface area contributed by atoms with E-state index in [1.807, 2.05) is 38.1 Å². The fourth-order valence-corrected chi connectivity index (χ4v) is 3.39. The lowest BCUT2D eigenvalue weighted by molar-refractivity contribution is 0.213. The van der Waals surface area contributed by atoms with Crippen LogP contribution in [0.5, 0.6) is 11.5 Å². The van der Waals surface area contributed by atoms with Crippen molar-refractivity contribution in [2.24, 2.45) is 4.99 Å².